The fourth-order valence-electron chi connectivity index (χ4n) is 2.40. The first-order valence-electron chi connectivity index (χ1n) is 8.46. The molecular formula is C19H24N4O2. The van der Waals surface area contributed by atoms with Crippen molar-refractivity contribution in [3.05, 3.63) is 47.9 Å². The Bertz CT molecular complexity index is 757. The molecule has 25 heavy (non-hydrogen) atoms. The minimum atomic E-state index is -0.0686. The lowest BCUT2D eigenvalue weighted by Crippen LogP contribution is -2.27. The largest absolute Gasteiger partial charge is 0.483 e. The van der Waals surface area contributed by atoms with Gasteiger partial charge in [0.2, 0.25) is 0 Å². The zero-order chi connectivity index (χ0) is 17.9. The number of rotatable bonds is 7. The number of amides is 1. The first kappa shape index (κ1) is 17.2. The summed E-state index contributed by atoms with van der Waals surface area (Å²) in [5.74, 6) is 2.34. The van der Waals surface area contributed by atoms with E-state index in [0.29, 0.717) is 12.3 Å². The number of carbonyl (C=O) groups excluding carboxylic acids is 1. The Morgan fingerprint density at radius 2 is 2.04 bits per heavy atom. The molecule has 0 aliphatic heterocycles. The van der Waals surface area contributed by atoms with Gasteiger partial charge in [-0.1, -0.05) is 25.1 Å². The molecule has 1 aromatic carbocycles. The Labute approximate surface area is 148 Å². The van der Waals surface area contributed by atoms with Crippen LogP contribution in [-0.4, -0.2) is 41.5 Å². The molecule has 0 radical (unpaired) electrons. The van der Waals surface area contributed by atoms with E-state index in [1.807, 2.05) is 30.3 Å². The average Bonchev–Trinajstić information content (AvgIpc) is 3.37. The Morgan fingerprint density at radius 1 is 1.28 bits per heavy atom. The molecule has 6 nitrogen and oxygen atoms in total. The van der Waals surface area contributed by atoms with Crippen molar-refractivity contribution in [3.63, 3.8) is 0 Å². The molecule has 1 amide bonds. The molecule has 0 bridgehead atoms. The van der Waals surface area contributed by atoms with Crippen LogP contribution in [0, 0.1) is 0 Å². The Hall–Kier alpha value is -2.63. The highest BCUT2D eigenvalue weighted by Gasteiger charge is 2.42. The molecule has 3 rings (SSSR count). The normalized spacial score (nSPS) is 14.7. The molecule has 1 heterocycles. The van der Waals surface area contributed by atoms with Gasteiger partial charge in [0.05, 0.1) is 0 Å². The van der Waals surface area contributed by atoms with Crippen LogP contribution < -0.4 is 10.1 Å². The summed E-state index contributed by atoms with van der Waals surface area (Å²) in [7, 11) is 3.43. The second kappa shape index (κ2) is 7.09. The quantitative estimate of drug-likeness (QED) is 0.839. The fraction of sp³-hybridized carbons (Fsp3) is 0.421. The molecule has 1 saturated carbocycles. The van der Waals surface area contributed by atoms with Gasteiger partial charge in [0.25, 0.3) is 5.91 Å². The molecule has 1 aliphatic rings. The third-order valence-corrected chi connectivity index (χ3v) is 4.48. The van der Waals surface area contributed by atoms with Crippen molar-refractivity contribution in [1.29, 1.82) is 0 Å². The maximum absolute atomic E-state index is 11.7. The predicted octanol–water partition coefficient (Wildman–Crippen LogP) is 2.61. The first-order chi connectivity index (χ1) is 12.0. The van der Waals surface area contributed by atoms with Crippen molar-refractivity contribution in [2.24, 2.45) is 0 Å². The lowest BCUT2D eigenvalue weighted by molar-refractivity contribution is -0.130. The van der Waals surface area contributed by atoms with Gasteiger partial charge >= 0.3 is 0 Å². The third kappa shape index (κ3) is 4.26. The van der Waals surface area contributed by atoms with Gasteiger partial charge < -0.3 is 15.0 Å². The van der Waals surface area contributed by atoms with Crippen molar-refractivity contribution in [2.75, 3.05) is 26.0 Å². The van der Waals surface area contributed by atoms with E-state index in [0.717, 1.165) is 30.0 Å². The molecule has 0 saturated heterocycles. The molecule has 0 unspecified atom stereocenters. The average molecular weight is 340 g/mol. The van der Waals surface area contributed by atoms with Gasteiger partial charge in [0, 0.05) is 37.8 Å². The summed E-state index contributed by atoms with van der Waals surface area (Å²) in [4.78, 5) is 22.2. The molecule has 0 atom stereocenters. The van der Waals surface area contributed by atoms with Crippen LogP contribution in [0.2, 0.25) is 0 Å². The molecule has 132 valence electrons. The number of para-hydroxylation sites is 1. The van der Waals surface area contributed by atoms with Gasteiger partial charge in [-0.05, 0) is 25.0 Å². The van der Waals surface area contributed by atoms with Crippen LogP contribution in [0.25, 0.3) is 0 Å². The number of hydrogen-bond donors (Lipinski definition) is 1. The van der Waals surface area contributed by atoms with Crippen LogP contribution in [-0.2, 0) is 16.8 Å². The summed E-state index contributed by atoms with van der Waals surface area (Å²) in [6.45, 7) is 2.79. The summed E-state index contributed by atoms with van der Waals surface area (Å²) >= 11 is 0. The Morgan fingerprint density at radius 3 is 2.76 bits per heavy atom. The maximum Gasteiger partial charge on any atom is 0.259 e. The van der Waals surface area contributed by atoms with E-state index < -0.39 is 0 Å². The van der Waals surface area contributed by atoms with Gasteiger partial charge in [-0.2, -0.15) is 0 Å². The Balaban J connectivity index is 1.64. The molecule has 6 heteroatoms. The van der Waals surface area contributed by atoms with Crippen LogP contribution in [0.15, 0.2) is 36.5 Å². The summed E-state index contributed by atoms with van der Waals surface area (Å²) < 4.78 is 5.67. The van der Waals surface area contributed by atoms with Crippen molar-refractivity contribution < 1.29 is 9.53 Å². The first-order valence-corrected chi connectivity index (χ1v) is 8.46. The topological polar surface area (TPSA) is 67.3 Å². The van der Waals surface area contributed by atoms with Crippen molar-refractivity contribution >= 4 is 11.7 Å². The zero-order valence-corrected chi connectivity index (χ0v) is 15.0. The zero-order valence-electron chi connectivity index (χ0n) is 15.0. The van der Waals surface area contributed by atoms with Crippen molar-refractivity contribution in [2.45, 2.75) is 31.7 Å². The van der Waals surface area contributed by atoms with Crippen LogP contribution in [0.1, 0.15) is 31.2 Å². The summed E-state index contributed by atoms with van der Waals surface area (Å²) in [6, 6.07) is 9.57. The standard InChI is InChI=1S/C19H24N4O2/c1-19(9-10-19)18-20-11-8-16(22-18)21-12-14-6-4-5-7-15(14)25-13-17(24)23(2)3/h4-8,11H,9-10,12-13H2,1-3H3,(H,20,21,22). The number of nitrogens with zero attached hydrogens (tertiary/aromatic N) is 3. The van der Waals surface area contributed by atoms with E-state index in [9.17, 15) is 4.79 Å². The minimum Gasteiger partial charge on any atom is -0.483 e. The number of anilines is 1. The third-order valence-electron chi connectivity index (χ3n) is 4.48. The van der Waals surface area contributed by atoms with Crippen LogP contribution in [0.5, 0.6) is 5.75 Å². The number of aromatic nitrogens is 2. The second-order valence-corrected chi connectivity index (χ2v) is 6.86. The van der Waals surface area contributed by atoms with Crippen molar-refractivity contribution in [3.8, 4) is 5.75 Å². The number of carbonyl (C=O) groups is 1. The van der Waals surface area contributed by atoms with Gasteiger partial charge in [0.15, 0.2) is 6.61 Å². The lowest BCUT2D eigenvalue weighted by atomic mass is 10.1. The summed E-state index contributed by atoms with van der Waals surface area (Å²) in [6.07, 6.45) is 4.09. The maximum atomic E-state index is 11.7. The van der Waals surface area contributed by atoms with E-state index in [1.54, 1.807) is 20.3 Å². The highest BCUT2D eigenvalue weighted by molar-refractivity contribution is 5.77. The van der Waals surface area contributed by atoms with E-state index in [1.165, 1.54) is 4.90 Å². The van der Waals surface area contributed by atoms with E-state index in [2.05, 4.69) is 22.2 Å². The number of ether oxygens (including phenoxy) is 1. The smallest absolute Gasteiger partial charge is 0.259 e. The van der Waals surface area contributed by atoms with Gasteiger partial charge in [0.1, 0.15) is 17.4 Å². The molecule has 1 aromatic heterocycles. The van der Waals surface area contributed by atoms with Crippen LogP contribution >= 0.6 is 0 Å². The second-order valence-electron chi connectivity index (χ2n) is 6.86. The van der Waals surface area contributed by atoms with Gasteiger partial charge in [-0.3, -0.25) is 4.79 Å². The number of hydrogen-bond acceptors (Lipinski definition) is 5. The molecule has 1 fully saturated rings. The number of likely N-dealkylation sites (N-methyl/N-ethyl adjacent to an activating group) is 1. The molecular weight excluding hydrogens is 316 g/mol. The highest BCUT2D eigenvalue weighted by atomic mass is 16.5. The van der Waals surface area contributed by atoms with E-state index in [4.69, 9.17) is 4.74 Å². The number of nitrogens with one attached hydrogen (secondary N) is 1. The van der Waals surface area contributed by atoms with Crippen LogP contribution in [0.4, 0.5) is 5.82 Å². The molecule has 1 N–H and O–H groups in total. The monoisotopic (exact) mass is 340 g/mol. The molecule has 0 spiro atoms. The lowest BCUT2D eigenvalue weighted by Gasteiger charge is -2.15. The minimum absolute atomic E-state index is 0.0278. The highest BCUT2D eigenvalue weighted by Crippen LogP contribution is 2.45. The van der Waals surface area contributed by atoms with E-state index >= 15 is 0 Å². The van der Waals surface area contributed by atoms with Crippen LogP contribution in [0.3, 0.4) is 0 Å². The molecule has 2 aromatic rings. The fourth-order valence-corrected chi connectivity index (χ4v) is 2.40. The van der Waals surface area contributed by atoms with E-state index in [-0.39, 0.29) is 17.9 Å². The van der Waals surface area contributed by atoms with Gasteiger partial charge in [-0.25, -0.2) is 9.97 Å². The SMILES string of the molecule is CN(C)C(=O)COc1ccccc1CNc1ccnc(C2(C)CC2)n1. The predicted molar refractivity (Wildman–Crippen MR) is 96.6 cm³/mol. The number of benzene rings is 1. The van der Waals surface area contributed by atoms with Gasteiger partial charge in [-0.15, -0.1) is 0 Å². The van der Waals surface area contributed by atoms with Crippen molar-refractivity contribution in [1.82, 2.24) is 14.9 Å². The Kier molecular flexibility index (Phi) is 4.88. The summed E-state index contributed by atoms with van der Waals surface area (Å²) in [5.41, 5.74) is 1.12. The summed E-state index contributed by atoms with van der Waals surface area (Å²) in [5, 5.41) is 3.33. The molecule has 1 aliphatic carbocycles.